The van der Waals surface area contributed by atoms with Gasteiger partial charge in [0.15, 0.2) is 5.13 Å². The first kappa shape index (κ1) is 12.5. The monoisotopic (exact) mass is 242 g/mol. The van der Waals surface area contributed by atoms with Gasteiger partial charge in [-0.25, -0.2) is 4.79 Å². The van der Waals surface area contributed by atoms with Crippen LogP contribution in [0.15, 0.2) is 5.57 Å². The van der Waals surface area contributed by atoms with Crippen molar-refractivity contribution in [2.45, 2.75) is 6.92 Å². The van der Waals surface area contributed by atoms with E-state index in [0.717, 1.165) is 5.13 Å². The zero-order chi connectivity index (χ0) is 12.3. The molecule has 1 aromatic heterocycles. The Hall–Kier alpha value is -1.56. The van der Waals surface area contributed by atoms with Crippen LogP contribution in [0.4, 0.5) is 5.13 Å². The molecule has 16 heavy (non-hydrogen) atoms. The minimum absolute atomic E-state index is 0.257. The summed E-state index contributed by atoms with van der Waals surface area (Å²) in [5, 5.41) is 9.57. The van der Waals surface area contributed by atoms with Crippen LogP contribution in [0, 0.1) is 0 Å². The Morgan fingerprint density at radius 1 is 1.56 bits per heavy atom. The van der Waals surface area contributed by atoms with Crippen molar-refractivity contribution in [2.24, 2.45) is 0 Å². The number of carbonyl (C=O) groups is 1. The van der Waals surface area contributed by atoms with E-state index in [0.29, 0.717) is 10.8 Å². The van der Waals surface area contributed by atoms with Gasteiger partial charge < -0.3 is 14.7 Å². The lowest BCUT2D eigenvalue weighted by Crippen LogP contribution is -2.07. The molecule has 1 N–H and O–H groups in total. The van der Waals surface area contributed by atoms with Gasteiger partial charge in [0.2, 0.25) is 5.88 Å². The van der Waals surface area contributed by atoms with Crippen LogP contribution in [0.3, 0.4) is 0 Å². The molecule has 5 nitrogen and oxygen atoms in total. The van der Waals surface area contributed by atoms with E-state index in [9.17, 15) is 4.79 Å². The number of thiazole rings is 1. The molecule has 0 fully saturated rings. The fraction of sp³-hybridized carbons (Fsp3) is 0.400. The van der Waals surface area contributed by atoms with Crippen LogP contribution in [0.5, 0.6) is 5.88 Å². The minimum atomic E-state index is -0.943. The fourth-order valence-electron chi connectivity index (χ4n) is 0.994. The SMILES string of the molecule is COc1nc(N(C)C)sc1C=C(C)C(=O)O. The van der Waals surface area contributed by atoms with E-state index in [-0.39, 0.29) is 5.57 Å². The first-order valence-corrected chi connectivity index (χ1v) is 5.41. The van der Waals surface area contributed by atoms with Gasteiger partial charge in [0, 0.05) is 19.7 Å². The van der Waals surface area contributed by atoms with E-state index < -0.39 is 5.97 Å². The molecular weight excluding hydrogens is 228 g/mol. The molecule has 0 bridgehead atoms. The van der Waals surface area contributed by atoms with Crippen molar-refractivity contribution in [3.63, 3.8) is 0 Å². The lowest BCUT2D eigenvalue weighted by Gasteiger charge is -2.04. The number of hydrogen-bond acceptors (Lipinski definition) is 5. The Morgan fingerprint density at radius 3 is 2.62 bits per heavy atom. The second-order valence-corrected chi connectivity index (χ2v) is 4.41. The molecule has 0 aliphatic heterocycles. The number of carboxylic acid groups (broad SMARTS) is 1. The number of carboxylic acids is 1. The number of rotatable bonds is 4. The summed E-state index contributed by atoms with van der Waals surface area (Å²) in [4.78, 5) is 17.5. The highest BCUT2D eigenvalue weighted by atomic mass is 32.1. The molecule has 0 saturated carbocycles. The Kier molecular flexibility index (Phi) is 3.89. The maximum absolute atomic E-state index is 10.7. The molecule has 0 saturated heterocycles. The van der Waals surface area contributed by atoms with Crippen LogP contribution >= 0.6 is 11.3 Å². The Labute approximate surface area is 98.0 Å². The Bertz CT molecular complexity index is 424. The quantitative estimate of drug-likeness (QED) is 0.814. The maximum atomic E-state index is 10.7. The smallest absolute Gasteiger partial charge is 0.331 e. The minimum Gasteiger partial charge on any atom is -0.480 e. The van der Waals surface area contributed by atoms with E-state index in [2.05, 4.69) is 4.98 Å². The summed E-state index contributed by atoms with van der Waals surface area (Å²) in [7, 11) is 5.26. The molecule has 1 heterocycles. The van der Waals surface area contributed by atoms with Crippen LogP contribution in [-0.2, 0) is 4.79 Å². The molecule has 88 valence electrons. The van der Waals surface area contributed by atoms with Gasteiger partial charge in [-0.15, -0.1) is 0 Å². The largest absolute Gasteiger partial charge is 0.480 e. The molecule has 1 aromatic rings. The van der Waals surface area contributed by atoms with Crippen LogP contribution in [0.25, 0.3) is 6.08 Å². The number of anilines is 1. The number of hydrogen-bond donors (Lipinski definition) is 1. The third kappa shape index (κ3) is 2.73. The molecule has 0 spiro atoms. The van der Waals surface area contributed by atoms with Gasteiger partial charge in [-0.05, 0) is 13.0 Å². The lowest BCUT2D eigenvalue weighted by molar-refractivity contribution is -0.132. The van der Waals surface area contributed by atoms with Gasteiger partial charge in [-0.2, -0.15) is 4.98 Å². The summed E-state index contributed by atoms with van der Waals surface area (Å²) in [6, 6.07) is 0. The highest BCUT2D eigenvalue weighted by Gasteiger charge is 2.12. The van der Waals surface area contributed by atoms with E-state index in [1.807, 2.05) is 19.0 Å². The molecule has 0 amide bonds. The summed E-state index contributed by atoms with van der Waals surface area (Å²) < 4.78 is 5.09. The maximum Gasteiger partial charge on any atom is 0.331 e. The van der Waals surface area contributed by atoms with Crippen molar-refractivity contribution < 1.29 is 14.6 Å². The van der Waals surface area contributed by atoms with Crippen LogP contribution in [0.2, 0.25) is 0 Å². The number of methoxy groups -OCH3 is 1. The zero-order valence-electron chi connectivity index (χ0n) is 9.64. The molecule has 0 atom stereocenters. The van der Waals surface area contributed by atoms with Gasteiger partial charge in [-0.3, -0.25) is 0 Å². The highest BCUT2D eigenvalue weighted by molar-refractivity contribution is 7.16. The fourth-order valence-corrected chi connectivity index (χ4v) is 1.95. The van der Waals surface area contributed by atoms with E-state index in [4.69, 9.17) is 9.84 Å². The molecule has 0 aromatic carbocycles. The van der Waals surface area contributed by atoms with Gasteiger partial charge in [0.25, 0.3) is 0 Å². The standard InChI is InChI=1S/C10H14N2O3S/c1-6(9(13)14)5-7-8(15-4)11-10(16-7)12(2)3/h5H,1-4H3,(H,13,14). The van der Waals surface area contributed by atoms with Crippen molar-refractivity contribution in [2.75, 3.05) is 26.1 Å². The predicted molar refractivity (Wildman–Crippen MR) is 64.3 cm³/mol. The van der Waals surface area contributed by atoms with E-state index in [1.165, 1.54) is 25.4 Å². The summed E-state index contributed by atoms with van der Waals surface area (Å²) in [6.07, 6.45) is 1.56. The van der Waals surface area contributed by atoms with E-state index >= 15 is 0 Å². The number of nitrogens with zero attached hydrogens (tertiary/aromatic N) is 2. The van der Waals surface area contributed by atoms with Crippen molar-refractivity contribution in [3.8, 4) is 5.88 Å². The first-order valence-electron chi connectivity index (χ1n) is 4.59. The molecule has 0 unspecified atom stereocenters. The second kappa shape index (κ2) is 4.98. The second-order valence-electron chi connectivity index (χ2n) is 3.40. The molecule has 1 rings (SSSR count). The predicted octanol–water partition coefficient (Wildman–Crippen LogP) is 1.71. The summed E-state index contributed by atoms with van der Waals surface area (Å²) in [5.74, 6) is -0.490. The van der Waals surface area contributed by atoms with Crippen LogP contribution in [0.1, 0.15) is 11.8 Å². The van der Waals surface area contributed by atoms with Gasteiger partial charge in [0.05, 0.1) is 12.0 Å². The number of aliphatic carboxylic acids is 1. The number of ether oxygens (including phenoxy) is 1. The molecule has 0 aliphatic rings. The van der Waals surface area contributed by atoms with Gasteiger partial charge >= 0.3 is 5.97 Å². The van der Waals surface area contributed by atoms with Crippen molar-refractivity contribution >= 4 is 28.5 Å². The van der Waals surface area contributed by atoms with Crippen LogP contribution in [-0.4, -0.2) is 37.3 Å². The third-order valence-electron chi connectivity index (χ3n) is 1.87. The summed E-state index contributed by atoms with van der Waals surface area (Å²) in [5.41, 5.74) is 0.257. The molecule has 0 radical (unpaired) electrons. The topological polar surface area (TPSA) is 62.7 Å². The third-order valence-corrected chi connectivity index (χ3v) is 3.02. The first-order chi connectivity index (χ1) is 7.45. The zero-order valence-corrected chi connectivity index (χ0v) is 10.5. The van der Waals surface area contributed by atoms with Crippen molar-refractivity contribution in [3.05, 3.63) is 10.5 Å². The van der Waals surface area contributed by atoms with Gasteiger partial charge in [0.1, 0.15) is 0 Å². The molecule has 6 heteroatoms. The van der Waals surface area contributed by atoms with Crippen molar-refractivity contribution in [1.82, 2.24) is 4.98 Å². The van der Waals surface area contributed by atoms with Gasteiger partial charge in [-0.1, -0.05) is 11.3 Å². The van der Waals surface area contributed by atoms with Crippen molar-refractivity contribution in [1.29, 1.82) is 0 Å². The summed E-state index contributed by atoms with van der Waals surface area (Å²) >= 11 is 1.39. The summed E-state index contributed by atoms with van der Waals surface area (Å²) in [6.45, 7) is 1.54. The average Bonchev–Trinajstić information content (AvgIpc) is 2.60. The average molecular weight is 242 g/mol. The lowest BCUT2D eigenvalue weighted by atomic mass is 10.3. The molecular formula is C10H14N2O3S. The molecule has 0 aliphatic carbocycles. The van der Waals surface area contributed by atoms with E-state index in [1.54, 1.807) is 6.08 Å². The highest BCUT2D eigenvalue weighted by Crippen LogP contribution is 2.32. The Morgan fingerprint density at radius 2 is 2.19 bits per heavy atom. The Balaban J connectivity index is 3.12. The normalized spacial score (nSPS) is 11.4. The van der Waals surface area contributed by atoms with Crippen LogP contribution < -0.4 is 9.64 Å². The number of aromatic nitrogens is 1.